The standard InChI is InChI=1S/C15H17NO2/c1-3-5-11-14(15(17)18-4-2)16-12-13-9-7-6-8-10-13/h6-10H,4,11-12H2,1-2H3. The maximum atomic E-state index is 11.6. The number of ether oxygens (including phenoxy) is 1. The Kier molecular flexibility index (Phi) is 6.27. The lowest BCUT2D eigenvalue weighted by Gasteiger charge is -2.03. The van der Waals surface area contributed by atoms with Gasteiger partial charge in [-0.3, -0.25) is 4.99 Å². The minimum Gasteiger partial charge on any atom is -0.461 e. The van der Waals surface area contributed by atoms with Gasteiger partial charge < -0.3 is 4.74 Å². The van der Waals surface area contributed by atoms with Gasteiger partial charge in [-0.2, -0.15) is 0 Å². The predicted octanol–water partition coefficient (Wildman–Crippen LogP) is 2.60. The van der Waals surface area contributed by atoms with Crippen molar-refractivity contribution in [2.75, 3.05) is 6.61 Å². The molecule has 0 N–H and O–H groups in total. The molecule has 0 fully saturated rings. The van der Waals surface area contributed by atoms with E-state index in [2.05, 4.69) is 16.8 Å². The Morgan fingerprint density at radius 2 is 2.06 bits per heavy atom. The Morgan fingerprint density at radius 1 is 1.33 bits per heavy atom. The van der Waals surface area contributed by atoms with Gasteiger partial charge in [0.05, 0.1) is 19.6 Å². The maximum absolute atomic E-state index is 11.6. The lowest BCUT2D eigenvalue weighted by molar-refractivity contribution is -0.135. The smallest absolute Gasteiger partial charge is 0.353 e. The maximum Gasteiger partial charge on any atom is 0.353 e. The highest BCUT2D eigenvalue weighted by molar-refractivity contribution is 6.37. The third kappa shape index (κ3) is 4.84. The first-order valence-corrected chi connectivity index (χ1v) is 5.92. The number of aliphatic imine (C=N–C) groups is 1. The molecule has 3 heteroatoms. The first kappa shape index (κ1) is 14.0. The van der Waals surface area contributed by atoms with Gasteiger partial charge in [0.15, 0.2) is 0 Å². The van der Waals surface area contributed by atoms with Crippen LogP contribution >= 0.6 is 0 Å². The van der Waals surface area contributed by atoms with E-state index in [1.165, 1.54) is 0 Å². The largest absolute Gasteiger partial charge is 0.461 e. The average Bonchev–Trinajstić information content (AvgIpc) is 2.40. The van der Waals surface area contributed by atoms with Gasteiger partial charge in [-0.05, 0) is 19.4 Å². The van der Waals surface area contributed by atoms with Crippen molar-refractivity contribution >= 4 is 11.7 Å². The SMILES string of the molecule is CC#CCC(=NCc1ccccc1)C(=O)OCC. The lowest BCUT2D eigenvalue weighted by Crippen LogP contribution is -2.17. The first-order valence-electron chi connectivity index (χ1n) is 5.92. The summed E-state index contributed by atoms with van der Waals surface area (Å²) in [7, 11) is 0. The highest BCUT2D eigenvalue weighted by Crippen LogP contribution is 2.02. The second kappa shape index (κ2) is 8.08. The van der Waals surface area contributed by atoms with E-state index in [-0.39, 0.29) is 5.97 Å². The molecule has 1 aromatic rings. The van der Waals surface area contributed by atoms with Crippen LogP contribution in [-0.2, 0) is 16.1 Å². The molecule has 0 radical (unpaired) electrons. The minimum absolute atomic E-state index is 0.335. The van der Waals surface area contributed by atoms with Gasteiger partial charge >= 0.3 is 5.97 Å². The molecule has 1 rings (SSSR count). The third-order valence-corrected chi connectivity index (χ3v) is 2.24. The fourth-order valence-corrected chi connectivity index (χ4v) is 1.35. The van der Waals surface area contributed by atoms with Gasteiger partial charge in [0.25, 0.3) is 0 Å². The molecule has 0 aliphatic heterocycles. The number of hydrogen-bond donors (Lipinski definition) is 0. The van der Waals surface area contributed by atoms with E-state index in [1.54, 1.807) is 13.8 Å². The van der Waals surface area contributed by atoms with Crippen molar-refractivity contribution in [2.45, 2.75) is 26.8 Å². The van der Waals surface area contributed by atoms with E-state index in [0.717, 1.165) is 5.56 Å². The van der Waals surface area contributed by atoms with Crippen LogP contribution in [0.25, 0.3) is 0 Å². The number of rotatable bonds is 5. The highest BCUT2D eigenvalue weighted by atomic mass is 16.5. The number of carbonyl (C=O) groups is 1. The topological polar surface area (TPSA) is 38.7 Å². The Labute approximate surface area is 108 Å². The van der Waals surface area contributed by atoms with E-state index in [4.69, 9.17) is 4.74 Å². The van der Waals surface area contributed by atoms with E-state index in [1.807, 2.05) is 30.3 Å². The van der Waals surface area contributed by atoms with Crippen LogP contribution < -0.4 is 0 Å². The molecule has 3 nitrogen and oxygen atoms in total. The van der Waals surface area contributed by atoms with Crippen molar-refractivity contribution in [1.82, 2.24) is 0 Å². The van der Waals surface area contributed by atoms with E-state index in [0.29, 0.717) is 25.3 Å². The fraction of sp³-hybridized carbons (Fsp3) is 0.333. The Morgan fingerprint density at radius 3 is 2.67 bits per heavy atom. The zero-order valence-electron chi connectivity index (χ0n) is 10.8. The quantitative estimate of drug-likeness (QED) is 0.453. The van der Waals surface area contributed by atoms with E-state index >= 15 is 0 Å². The minimum atomic E-state index is -0.379. The summed E-state index contributed by atoms with van der Waals surface area (Å²) in [6, 6.07) is 9.78. The number of hydrogen-bond acceptors (Lipinski definition) is 3. The van der Waals surface area contributed by atoms with Crippen LogP contribution in [0.2, 0.25) is 0 Å². The van der Waals surface area contributed by atoms with Crippen molar-refractivity contribution in [3.05, 3.63) is 35.9 Å². The molecule has 94 valence electrons. The van der Waals surface area contributed by atoms with Gasteiger partial charge in [0, 0.05) is 0 Å². The molecule has 0 aliphatic carbocycles. The second-order valence-electron chi connectivity index (χ2n) is 3.57. The van der Waals surface area contributed by atoms with Crippen LogP contribution in [0, 0.1) is 11.8 Å². The monoisotopic (exact) mass is 243 g/mol. The molecule has 18 heavy (non-hydrogen) atoms. The number of nitrogens with zero attached hydrogens (tertiary/aromatic N) is 1. The van der Waals surface area contributed by atoms with Crippen LogP contribution in [0.1, 0.15) is 25.8 Å². The van der Waals surface area contributed by atoms with Crippen molar-refractivity contribution in [1.29, 1.82) is 0 Å². The number of esters is 1. The predicted molar refractivity (Wildman–Crippen MR) is 72.3 cm³/mol. The van der Waals surface area contributed by atoms with Gasteiger partial charge in [-0.25, -0.2) is 4.79 Å². The molecule has 0 bridgehead atoms. The molecule has 0 unspecified atom stereocenters. The van der Waals surface area contributed by atoms with Crippen molar-refractivity contribution < 1.29 is 9.53 Å². The summed E-state index contributed by atoms with van der Waals surface area (Å²) in [4.78, 5) is 15.9. The van der Waals surface area contributed by atoms with Gasteiger partial charge in [-0.15, -0.1) is 5.92 Å². The Bertz CT molecular complexity index is 466. The summed E-state index contributed by atoms with van der Waals surface area (Å²) < 4.78 is 4.95. The van der Waals surface area contributed by atoms with Crippen molar-refractivity contribution in [3.63, 3.8) is 0 Å². The van der Waals surface area contributed by atoms with Crippen molar-refractivity contribution in [2.24, 2.45) is 4.99 Å². The molecule has 0 saturated heterocycles. The molecule has 0 aliphatic rings. The van der Waals surface area contributed by atoms with Crippen molar-refractivity contribution in [3.8, 4) is 11.8 Å². The van der Waals surface area contributed by atoms with Gasteiger partial charge in [0.2, 0.25) is 0 Å². The Hall–Kier alpha value is -2.08. The normalized spacial score (nSPS) is 10.4. The lowest BCUT2D eigenvalue weighted by atomic mass is 10.2. The van der Waals surface area contributed by atoms with Crippen LogP contribution in [0.5, 0.6) is 0 Å². The van der Waals surface area contributed by atoms with E-state index < -0.39 is 0 Å². The molecule has 0 saturated carbocycles. The summed E-state index contributed by atoms with van der Waals surface area (Å²) in [5.74, 6) is 5.22. The summed E-state index contributed by atoms with van der Waals surface area (Å²) in [5, 5.41) is 0. The third-order valence-electron chi connectivity index (χ3n) is 2.24. The Balaban J connectivity index is 2.74. The second-order valence-corrected chi connectivity index (χ2v) is 3.57. The van der Waals surface area contributed by atoms with E-state index in [9.17, 15) is 4.79 Å². The number of carbonyl (C=O) groups excluding carboxylic acids is 1. The zero-order valence-corrected chi connectivity index (χ0v) is 10.8. The average molecular weight is 243 g/mol. The molecule has 0 amide bonds. The molecule has 0 spiro atoms. The zero-order chi connectivity index (χ0) is 13.2. The summed E-state index contributed by atoms with van der Waals surface area (Å²) in [6.45, 7) is 4.33. The molecule has 0 atom stereocenters. The fourth-order valence-electron chi connectivity index (χ4n) is 1.35. The molecule has 0 aromatic heterocycles. The number of benzene rings is 1. The summed E-state index contributed by atoms with van der Waals surface area (Å²) in [5.41, 5.74) is 1.44. The summed E-state index contributed by atoms with van der Waals surface area (Å²) >= 11 is 0. The highest BCUT2D eigenvalue weighted by Gasteiger charge is 2.10. The molecule has 1 aromatic carbocycles. The molecular formula is C15H17NO2. The van der Waals surface area contributed by atoms with Crippen LogP contribution in [0.3, 0.4) is 0 Å². The first-order chi connectivity index (χ1) is 8.77. The van der Waals surface area contributed by atoms with Crippen LogP contribution in [-0.4, -0.2) is 18.3 Å². The van der Waals surface area contributed by atoms with Crippen LogP contribution in [0.15, 0.2) is 35.3 Å². The van der Waals surface area contributed by atoms with Gasteiger partial charge in [0.1, 0.15) is 5.71 Å². The summed E-state index contributed by atoms with van der Waals surface area (Å²) in [6.07, 6.45) is 0.335. The van der Waals surface area contributed by atoms with Crippen LogP contribution in [0.4, 0.5) is 0 Å². The molecular weight excluding hydrogens is 226 g/mol. The van der Waals surface area contributed by atoms with Gasteiger partial charge in [-0.1, -0.05) is 36.3 Å². The molecule has 0 heterocycles.